The Balaban J connectivity index is 1.51. The van der Waals surface area contributed by atoms with Crippen molar-refractivity contribution in [1.29, 1.82) is 0 Å². The lowest BCUT2D eigenvalue weighted by molar-refractivity contribution is -0.121. The number of nitrogens with zero attached hydrogens (tertiary/aromatic N) is 1. The van der Waals surface area contributed by atoms with Crippen LogP contribution in [0, 0.1) is 0 Å². The molecule has 1 fully saturated rings. The minimum atomic E-state index is 0.126. The zero-order valence-corrected chi connectivity index (χ0v) is 14.2. The Morgan fingerprint density at radius 3 is 3.04 bits per heavy atom. The van der Waals surface area contributed by atoms with Gasteiger partial charge >= 0.3 is 0 Å². The molecule has 1 aliphatic heterocycles. The normalized spacial score (nSPS) is 19.4. The zero-order valence-electron chi connectivity index (χ0n) is 13.4. The summed E-state index contributed by atoms with van der Waals surface area (Å²) in [6, 6.07) is 8.38. The summed E-state index contributed by atoms with van der Waals surface area (Å²) in [4.78, 5) is 15.7. The van der Waals surface area contributed by atoms with E-state index in [0.29, 0.717) is 19.0 Å². The van der Waals surface area contributed by atoms with E-state index in [1.54, 1.807) is 17.6 Å². The molecule has 1 N–H and O–H groups in total. The first-order valence-corrected chi connectivity index (χ1v) is 9.27. The molecule has 0 radical (unpaired) electrons. The molecule has 1 amide bonds. The highest BCUT2D eigenvalue weighted by Gasteiger charge is 2.24. The van der Waals surface area contributed by atoms with Crippen LogP contribution in [0.15, 0.2) is 40.3 Å². The van der Waals surface area contributed by atoms with Crippen molar-refractivity contribution in [1.82, 2.24) is 10.2 Å². The quantitative estimate of drug-likeness (QED) is 0.871. The minimum absolute atomic E-state index is 0.126. The van der Waals surface area contributed by atoms with Crippen molar-refractivity contribution in [3.05, 3.63) is 46.5 Å². The van der Waals surface area contributed by atoms with Crippen molar-refractivity contribution in [2.24, 2.45) is 0 Å². The van der Waals surface area contributed by atoms with Crippen LogP contribution in [0.25, 0.3) is 0 Å². The molecule has 0 aliphatic carbocycles. The van der Waals surface area contributed by atoms with E-state index in [0.717, 1.165) is 25.3 Å². The molecule has 0 saturated carbocycles. The van der Waals surface area contributed by atoms with Crippen molar-refractivity contribution < 1.29 is 9.21 Å². The van der Waals surface area contributed by atoms with Crippen LogP contribution in [0.2, 0.25) is 0 Å². The van der Waals surface area contributed by atoms with Crippen molar-refractivity contribution in [3.8, 4) is 0 Å². The van der Waals surface area contributed by atoms with Crippen molar-refractivity contribution in [2.75, 3.05) is 13.1 Å². The van der Waals surface area contributed by atoms with Gasteiger partial charge in [0.15, 0.2) is 0 Å². The Morgan fingerprint density at radius 1 is 1.30 bits per heavy atom. The van der Waals surface area contributed by atoms with E-state index >= 15 is 0 Å². The van der Waals surface area contributed by atoms with Crippen LogP contribution in [0.4, 0.5) is 0 Å². The van der Waals surface area contributed by atoms with Gasteiger partial charge in [0.25, 0.3) is 0 Å². The third-order valence-electron chi connectivity index (χ3n) is 4.40. The number of hydrogen-bond acceptors (Lipinski definition) is 4. The second-order valence-electron chi connectivity index (χ2n) is 6.02. The highest BCUT2D eigenvalue weighted by molar-refractivity contribution is 7.09. The maximum atomic E-state index is 12.1. The second-order valence-corrected chi connectivity index (χ2v) is 7.05. The molecule has 2 aromatic rings. The molecule has 3 heterocycles. The van der Waals surface area contributed by atoms with Crippen molar-refractivity contribution in [3.63, 3.8) is 0 Å². The van der Waals surface area contributed by atoms with Crippen LogP contribution in [-0.4, -0.2) is 23.9 Å². The number of nitrogens with one attached hydrogen (secondary N) is 1. The van der Waals surface area contributed by atoms with E-state index in [1.807, 2.05) is 23.6 Å². The van der Waals surface area contributed by atoms with Gasteiger partial charge in [0, 0.05) is 17.8 Å². The largest absolute Gasteiger partial charge is 0.468 e. The van der Waals surface area contributed by atoms with Gasteiger partial charge in [-0.3, -0.25) is 9.69 Å². The maximum absolute atomic E-state index is 12.1. The molecule has 0 bridgehead atoms. The van der Waals surface area contributed by atoms with Crippen molar-refractivity contribution >= 4 is 17.2 Å². The molecular formula is C18H24N2O2S. The number of rotatable bonds is 6. The van der Waals surface area contributed by atoms with Gasteiger partial charge in [-0.1, -0.05) is 18.9 Å². The van der Waals surface area contributed by atoms with Gasteiger partial charge in [0.1, 0.15) is 5.76 Å². The topological polar surface area (TPSA) is 45.5 Å². The molecule has 0 spiro atoms. The van der Waals surface area contributed by atoms with E-state index < -0.39 is 0 Å². The molecule has 0 unspecified atom stereocenters. The van der Waals surface area contributed by atoms with E-state index in [9.17, 15) is 4.79 Å². The van der Waals surface area contributed by atoms with Gasteiger partial charge < -0.3 is 9.73 Å². The monoisotopic (exact) mass is 332 g/mol. The number of amides is 1. The highest BCUT2D eigenvalue weighted by atomic mass is 32.1. The maximum Gasteiger partial charge on any atom is 0.221 e. The molecule has 1 atom stereocenters. The van der Waals surface area contributed by atoms with E-state index in [-0.39, 0.29) is 5.91 Å². The fraction of sp³-hybridized carbons (Fsp3) is 0.500. The van der Waals surface area contributed by atoms with Crippen LogP contribution in [0.5, 0.6) is 0 Å². The first-order valence-electron chi connectivity index (χ1n) is 8.39. The molecular weight excluding hydrogens is 308 g/mol. The van der Waals surface area contributed by atoms with Gasteiger partial charge in [-0.2, -0.15) is 0 Å². The van der Waals surface area contributed by atoms with Gasteiger partial charge in [-0.15, -0.1) is 11.3 Å². The third-order valence-corrected chi connectivity index (χ3v) is 5.28. The summed E-state index contributed by atoms with van der Waals surface area (Å²) in [6.07, 6.45) is 7.10. The summed E-state index contributed by atoms with van der Waals surface area (Å²) in [6.45, 7) is 2.48. The van der Waals surface area contributed by atoms with Crippen molar-refractivity contribution in [2.45, 2.75) is 44.7 Å². The van der Waals surface area contributed by atoms with Gasteiger partial charge in [-0.05, 0) is 43.0 Å². The number of hydrogen-bond donors (Lipinski definition) is 1. The summed E-state index contributed by atoms with van der Waals surface area (Å²) < 4.78 is 5.62. The van der Waals surface area contributed by atoms with Crippen LogP contribution in [-0.2, 0) is 11.3 Å². The number of carbonyl (C=O) groups is 1. The average molecular weight is 332 g/mol. The number of furan rings is 1. The van der Waals surface area contributed by atoms with Gasteiger partial charge in [-0.25, -0.2) is 0 Å². The summed E-state index contributed by atoms with van der Waals surface area (Å²) in [7, 11) is 0. The Labute approximate surface area is 141 Å². The molecule has 5 heteroatoms. The Hall–Kier alpha value is -1.59. The molecule has 3 rings (SSSR count). The minimum Gasteiger partial charge on any atom is -0.468 e. The molecule has 124 valence electrons. The van der Waals surface area contributed by atoms with E-state index in [2.05, 4.69) is 16.3 Å². The van der Waals surface area contributed by atoms with Crippen LogP contribution >= 0.6 is 11.3 Å². The fourth-order valence-corrected chi connectivity index (χ4v) is 3.82. The molecule has 23 heavy (non-hydrogen) atoms. The lowest BCUT2D eigenvalue weighted by Crippen LogP contribution is -2.33. The highest BCUT2D eigenvalue weighted by Crippen LogP contribution is 2.30. The van der Waals surface area contributed by atoms with E-state index in [4.69, 9.17) is 4.42 Å². The lowest BCUT2D eigenvalue weighted by atomic mass is 10.1. The number of likely N-dealkylation sites (tertiary alicyclic amines) is 1. The summed E-state index contributed by atoms with van der Waals surface area (Å²) in [5.74, 6) is 1.16. The first kappa shape index (κ1) is 16.3. The summed E-state index contributed by atoms with van der Waals surface area (Å²) in [5, 5.41) is 5.05. The Bertz CT molecular complexity index is 580. The molecule has 4 nitrogen and oxygen atoms in total. The summed E-state index contributed by atoms with van der Waals surface area (Å²) in [5.41, 5.74) is 0. The van der Waals surface area contributed by atoms with Crippen LogP contribution in [0.3, 0.4) is 0 Å². The Kier molecular flexibility index (Phi) is 5.88. The third kappa shape index (κ3) is 4.69. The molecule has 2 aromatic heterocycles. The van der Waals surface area contributed by atoms with Gasteiger partial charge in [0.2, 0.25) is 5.91 Å². The van der Waals surface area contributed by atoms with Crippen LogP contribution in [0.1, 0.15) is 48.8 Å². The second kappa shape index (κ2) is 8.31. The SMILES string of the molecule is O=C(CCN1CCCCC[C@H]1c1ccco1)NCc1cccs1. The van der Waals surface area contributed by atoms with E-state index in [1.165, 1.54) is 24.1 Å². The van der Waals surface area contributed by atoms with Gasteiger partial charge in [0.05, 0.1) is 18.8 Å². The smallest absolute Gasteiger partial charge is 0.221 e. The molecule has 1 saturated heterocycles. The standard InChI is InChI=1S/C18H24N2O2S/c21-18(19-14-15-6-5-13-23-15)9-11-20-10-3-1-2-7-16(20)17-8-4-12-22-17/h4-6,8,12-13,16H,1-3,7,9-11,14H2,(H,19,21)/t16-/m0/s1. The Morgan fingerprint density at radius 2 is 2.26 bits per heavy atom. The lowest BCUT2D eigenvalue weighted by Gasteiger charge is -2.28. The molecule has 0 aromatic carbocycles. The zero-order chi connectivity index (χ0) is 15.9. The average Bonchev–Trinajstić information content (AvgIpc) is 3.22. The predicted molar refractivity (Wildman–Crippen MR) is 92.3 cm³/mol. The number of carbonyl (C=O) groups excluding carboxylic acids is 1. The molecule has 1 aliphatic rings. The predicted octanol–water partition coefficient (Wildman–Crippen LogP) is 3.96. The fourth-order valence-electron chi connectivity index (χ4n) is 3.17. The van der Waals surface area contributed by atoms with Crippen LogP contribution < -0.4 is 5.32 Å². The summed E-state index contributed by atoms with van der Waals surface area (Å²) >= 11 is 1.67. The first-order chi connectivity index (χ1) is 11.3. The number of thiophene rings is 1.